The number of anilines is 1. The molecule has 0 aliphatic heterocycles. The van der Waals surface area contributed by atoms with Crippen molar-refractivity contribution < 1.29 is 9.63 Å². The van der Waals surface area contributed by atoms with Crippen LogP contribution >= 0.6 is 11.3 Å². The van der Waals surface area contributed by atoms with Gasteiger partial charge >= 0.3 is 0 Å². The fraction of sp³-hybridized carbons (Fsp3) is 0.615. The number of carbonyl (C=O) groups is 1. The van der Waals surface area contributed by atoms with E-state index in [-0.39, 0.29) is 17.7 Å². The molecule has 0 radical (unpaired) electrons. The third-order valence-corrected chi connectivity index (χ3v) is 3.54. The molecule has 2 rings (SSSR count). The largest absolute Gasteiger partial charge is 0.389 e. The van der Waals surface area contributed by atoms with Gasteiger partial charge in [0.05, 0.1) is 0 Å². The number of carbonyl (C=O) groups excluding carboxylic acids is 1. The van der Waals surface area contributed by atoms with Crippen molar-refractivity contribution in [1.29, 1.82) is 0 Å². The summed E-state index contributed by atoms with van der Waals surface area (Å²) >= 11 is 1.26. The van der Waals surface area contributed by atoms with Crippen LogP contribution in [0.2, 0.25) is 0 Å². The molecule has 116 valence electrons. The number of nitrogens with zero attached hydrogens (tertiary/aromatic N) is 2. The van der Waals surface area contributed by atoms with Crippen LogP contribution in [0.4, 0.5) is 5.13 Å². The van der Waals surface area contributed by atoms with E-state index in [1.165, 1.54) is 11.3 Å². The van der Waals surface area contributed by atoms with Gasteiger partial charge in [0.1, 0.15) is 11.3 Å². The normalized spacial score (nSPS) is 22.0. The summed E-state index contributed by atoms with van der Waals surface area (Å²) in [6.45, 7) is 5.58. The van der Waals surface area contributed by atoms with Crippen molar-refractivity contribution in [3.63, 3.8) is 0 Å². The number of rotatable bonds is 5. The van der Waals surface area contributed by atoms with Crippen LogP contribution < -0.4 is 16.4 Å². The van der Waals surface area contributed by atoms with Crippen molar-refractivity contribution in [2.24, 2.45) is 5.16 Å². The predicted molar refractivity (Wildman–Crippen MR) is 83.3 cm³/mol. The highest BCUT2D eigenvalue weighted by molar-refractivity contribution is 7.13. The van der Waals surface area contributed by atoms with Gasteiger partial charge in [0.2, 0.25) is 0 Å². The lowest BCUT2D eigenvalue weighted by Gasteiger charge is -2.16. The first-order valence-corrected chi connectivity index (χ1v) is 7.64. The van der Waals surface area contributed by atoms with Crippen molar-refractivity contribution in [2.45, 2.75) is 44.9 Å². The van der Waals surface area contributed by atoms with Crippen LogP contribution in [0.5, 0.6) is 0 Å². The summed E-state index contributed by atoms with van der Waals surface area (Å²) in [5, 5.41) is 12.1. The monoisotopic (exact) mass is 311 g/mol. The number of likely N-dealkylation sites (N-methyl/N-ethyl adjacent to an activating group) is 1. The lowest BCUT2D eigenvalue weighted by molar-refractivity contribution is -0.115. The summed E-state index contributed by atoms with van der Waals surface area (Å²) in [4.78, 5) is 21.8. The van der Waals surface area contributed by atoms with Crippen molar-refractivity contribution in [3.05, 3.63) is 11.1 Å². The third kappa shape index (κ3) is 4.40. The molecule has 0 saturated heterocycles. The molecule has 1 aliphatic carbocycles. The van der Waals surface area contributed by atoms with E-state index in [1.54, 1.807) is 5.38 Å². The molecule has 0 spiro atoms. The molecule has 1 aliphatic rings. The van der Waals surface area contributed by atoms with Gasteiger partial charge in [-0.2, -0.15) is 0 Å². The van der Waals surface area contributed by atoms with Crippen LogP contribution in [-0.4, -0.2) is 41.3 Å². The van der Waals surface area contributed by atoms with Crippen LogP contribution in [-0.2, 0) is 9.63 Å². The number of amides is 1. The van der Waals surface area contributed by atoms with Crippen LogP contribution in [0, 0.1) is 0 Å². The Hall–Kier alpha value is -1.67. The second-order valence-electron chi connectivity index (χ2n) is 5.93. The molecular formula is C13H21N5O2S. The van der Waals surface area contributed by atoms with Crippen molar-refractivity contribution in [2.75, 3.05) is 12.8 Å². The fourth-order valence-corrected chi connectivity index (χ4v) is 2.24. The maximum atomic E-state index is 12.4. The Morgan fingerprint density at radius 3 is 2.71 bits per heavy atom. The smallest absolute Gasteiger partial charge is 0.275 e. The maximum Gasteiger partial charge on any atom is 0.275 e. The number of hydrogen-bond donors (Lipinski definition) is 3. The molecule has 1 heterocycles. The molecule has 0 aromatic carbocycles. The van der Waals surface area contributed by atoms with E-state index in [0.717, 1.165) is 6.42 Å². The van der Waals surface area contributed by atoms with Gasteiger partial charge in [-0.1, -0.05) is 5.16 Å². The second-order valence-corrected chi connectivity index (χ2v) is 6.82. The molecule has 1 saturated carbocycles. The zero-order valence-corrected chi connectivity index (χ0v) is 13.5. The summed E-state index contributed by atoms with van der Waals surface area (Å²) in [6.07, 6.45) is 0.912. The number of thiazole rings is 1. The summed E-state index contributed by atoms with van der Waals surface area (Å²) < 4.78 is 0. The quantitative estimate of drug-likeness (QED) is 0.549. The minimum atomic E-state index is -0.486. The average Bonchev–Trinajstić information content (AvgIpc) is 2.99. The van der Waals surface area contributed by atoms with Gasteiger partial charge in [0.15, 0.2) is 10.8 Å². The van der Waals surface area contributed by atoms with E-state index in [2.05, 4.69) is 20.8 Å². The van der Waals surface area contributed by atoms with E-state index < -0.39 is 5.60 Å². The number of oxime groups is 1. The van der Waals surface area contributed by atoms with Crippen LogP contribution in [0.3, 0.4) is 0 Å². The van der Waals surface area contributed by atoms with E-state index in [0.29, 0.717) is 16.9 Å². The number of nitrogen functional groups attached to an aromatic ring is 1. The molecule has 1 fully saturated rings. The van der Waals surface area contributed by atoms with E-state index in [1.807, 2.05) is 27.8 Å². The zero-order chi connectivity index (χ0) is 15.6. The highest BCUT2D eigenvalue weighted by Gasteiger charge is 2.38. The molecule has 0 bridgehead atoms. The number of aromatic nitrogens is 1. The Balaban J connectivity index is 2.13. The summed E-state index contributed by atoms with van der Waals surface area (Å²) in [7, 11) is 1.87. The Kier molecular flexibility index (Phi) is 4.48. The first-order chi connectivity index (χ1) is 9.80. The topological polar surface area (TPSA) is 102 Å². The minimum Gasteiger partial charge on any atom is -0.389 e. The van der Waals surface area contributed by atoms with Crippen LogP contribution in [0.15, 0.2) is 10.5 Å². The van der Waals surface area contributed by atoms with E-state index in [4.69, 9.17) is 10.6 Å². The molecule has 7 nitrogen and oxygen atoms in total. The average molecular weight is 311 g/mol. The molecular weight excluding hydrogens is 290 g/mol. The van der Waals surface area contributed by atoms with E-state index >= 15 is 0 Å². The number of nitrogens with one attached hydrogen (secondary N) is 2. The summed E-state index contributed by atoms with van der Waals surface area (Å²) in [6, 6.07) is 0.442. The van der Waals surface area contributed by atoms with Gasteiger partial charge in [0.25, 0.3) is 5.91 Å². The first kappa shape index (κ1) is 15.7. The standard InChI is InChI=1S/C13H21N5O2S/c1-13(2,3)20-18-10(9-6-21-12(14)17-9)11(19)16-8-5-7(8)15-4/h6-8,15H,5H2,1-4H3,(H2,14,17)(H,16,19)/b18-10+/t7?,8-/m0/s1. The van der Waals surface area contributed by atoms with Gasteiger partial charge in [0, 0.05) is 17.5 Å². The zero-order valence-electron chi connectivity index (χ0n) is 12.6. The van der Waals surface area contributed by atoms with Crippen molar-refractivity contribution in [1.82, 2.24) is 15.6 Å². The van der Waals surface area contributed by atoms with Crippen LogP contribution in [0.25, 0.3) is 0 Å². The third-order valence-electron chi connectivity index (χ3n) is 2.87. The first-order valence-electron chi connectivity index (χ1n) is 6.76. The Labute approximate surface area is 127 Å². The molecule has 1 unspecified atom stereocenters. The highest BCUT2D eigenvalue weighted by Crippen LogP contribution is 2.21. The van der Waals surface area contributed by atoms with Crippen molar-refractivity contribution in [3.8, 4) is 0 Å². The number of nitrogens with two attached hydrogens (primary N) is 1. The molecule has 1 aromatic heterocycles. The molecule has 8 heteroatoms. The van der Waals surface area contributed by atoms with Crippen molar-refractivity contribution >= 4 is 28.1 Å². The molecule has 1 amide bonds. The Morgan fingerprint density at radius 2 is 2.24 bits per heavy atom. The lowest BCUT2D eigenvalue weighted by Crippen LogP contribution is -2.37. The number of hydrogen-bond acceptors (Lipinski definition) is 7. The van der Waals surface area contributed by atoms with Gasteiger partial charge in [-0.15, -0.1) is 11.3 Å². The highest BCUT2D eigenvalue weighted by atomic mass is 32.1. The molecule has 4 N–H and O–H groups in total. The van der Waals surface area contributed by atoms with Gasteiger partial charge in [-0.25, -0.2) is 4.98 Å². The Bertz CT molecular complexity index is 549. The lowest BCUT2D eigenvalue weighted by atomic mass is 10.2. The molecule has 1 aromatic rings. The summed E-state index contributed by atoms with van der Waals surface area (Å²) in [5.41, 5.74) is 5.72. The fourth-order valence-electron chi connectivity index (χ4n) is 1.69. The van der Waals surface area contributed by atoms with Gasteiger partial charge in [-0.3, -0.25) is 4.79 Å². The Morgan fingerprint density at radius 1 is 1.52 bits per heavy atom. The maximum absolute atomic E-state index is 12.4. The summed E-state index contributed by atoms with van der Waals surface area (Å²) in [5.74, 6) is -0.299. The van der Waals surface area contributed by atoms with Gasteiger partial charge < -0.3 is 21.2 Å². The molecule has 2 atom stereocenters. The SMILES string of the molecule is CNC1C[C@@H]1NC(=O)/C(=N/OC(C)(C)C)c1csc(N)n1. The molecule has 21 heavy (non-hydrogen) atoms. The second kappa shape index (κ2) is 5.98. The van der Waals surface area contributed by atoms with E-state index in [9.17, 15) is 4.79 Å². The minimum absolute atomic E-state index is 0.123. The predicted octanol–water partition coefficient (Wildman–Crippen LogP) is 0.721. The van der Waals surface area contributed by atoms with Crippen LogP contribution in [0.1, 0.15) is 32.9 Å². The van der Waals surface area contributed by atoms with Gasteiger partial charge in [-0.05, 0) is 34.2 Å².